The van der Waals surface area contributed by atoms with Crippen molar-refractivity contribution in [2.45, 2.75) is 39.2 Å². The van der Waals surface area contributed by atoms with Crippen molar-refractivity contribution in [2.75, 3.05) is 7.11 Å². The molecule has 0 heterocycles. The fourth-order valence-electron chi connectivity index (χ4n) is 2.77. The molecule has 2 aromatic carbocycles. The number of aliphatic hydroxyl groups excluding tert-OH is 1. The number of aryl methyl sites for hydroxylation is 2. The Labute approximate surface area is 127 Å². The van der Waals surface area contributed by atoms with Crippen molar-refractivity contribution in [1.82, 2.24) is 0 Å². The molecule has 0 bridgehead atoms. The molecule has 0 aliphatic rings. The highest BCUT2D eigenvalue weighted by atomic mass is 16.5. The van der Waals surface area contributed by atoms with E-state index in [2.05, 4.69) is 19.1 Å². The van der Waals surface area contributed by atoms with Crippen LogP contribution in [0.3, 0.4) is 0 Å². The number of aliphatic hydroxyl groups is 1. The molecule has 0 saturated carbocycles. The van der Waals surface area contributed by atoms with Crippen LogP contribution in [0.15, 0.2) is 42.5 Å². The summed E-state index contributed by atoms with van der Waals surface area (Å²) < 4.78 is 5.33. The Morgan fingerprint density at radius 3 is 2.33 bits per heavy atom. The molecule has 112 valence electrons. The maximum atomic E-state index is 10.6. The summed E-state index contributed by atoms with van der Waals surface area (Å²) in [6.45, 7) is 6.19. The third-order valence-electron chi connectivity index (χ3n) is 4.09. The lowest BCUT2D eigenvalue weighted by Gasteiger charge is -2.20. The van der Waals surface area contributed by atoms with Crippen LogP contribution in [0.1, 0.15) is 47.6 Å². The Hall–Kier alpha value is -1.80. The van der Waals surface area contributed by atoms with Gasteiger partial charge in [-0.2, -0.15) is 0 Å². The quantitative estimate of drug-likeness (QED) is 0.873. The van der Waals surface area contributed by atoms with Gasteiger partial charge in [0.15, 0.2) is 0 Å². The second-order valence-electron chi connectivity index (χ2n) is 5.74. The first kappa shape index (κ1) is 15.6. The van der Waals surface area contributed by atoms with Crippen molar-refractivity contribution >= 4 is 0 Å². The summed E-state index contributed by atoms with van der Waals surface area (Å²) in [5.41, 5.74) is 4.39. The summed E-state index contributed by atoms with van der Waals surface area (Å²) in [5, 5.41) is 10.6. The maximum Gasteiger partial charge on any atom is 0.122 e. The highest BCUT2D eigenvalue weighted by molar-refractivity contribution is 5.42. The standard InChI is InChI=1S/C19H24O2/c1-13(16-8-6-5-7-9-16)11-18(20)17-10-15(3)19(21-4)12-14(17)2/h5-10,12-13,18,20H,11H2,1-4H3. The summed E-state index contributed by atoms with van der Waals surface area (Å²) in [6, 6.07) is 14.4. The fourth-order valence-corrected chi connectivity index (χ4v) is 2.77. The van der Waals surface area contributed by atoms with E-state index in [4.69, 9.17) is 4.74 Å². The van der Waals surface area contributed by atoms with Gasteiger partial charge in [0.1, 0.15) is 5.75 Å². The summed E-state index contributed by atoms with van der Waals surface area (Å²) in [5.74, 6) is 1.20. The zero-order valence-corrected chi connectivity index (χ0v) is 13.3. The minimum Gasteiger partial charge on any atom is -0.496 e. The van der Waals surface area contributed by atoms with Gasteiger partial charge in [0.2, 0.25) is 0 Å². The third kappa shape index (κ3) is 3.64. The number of methoxy groups -OCH3 is 1. The van der Waals surface area contributed by atoms with Crippen LogP contribution >= 0.6 is 0 Å². The van der Waals surface area contributed by atoms with Crippen molar-refractivity contribution in [1.29, 1.82) is 0 Å². The lowest BCUT2D eigenvalue weighted by Crippen LogP contribution is -2.06. The van der Waals surface area contributed by atoms with Gasteiger partial charge >= 0.3 is 0 Å². The van der Waals surface area contributed by atoms with Gasteiger partial charge in [-0.1, -0.05) is 37.3 Å². The Kier molecular flexibility index (Phi) is 5.03. The highest BCUT2D eigenvalue weighted by Gasteiger charge is 2.17. The van der Waals surface area contributed by atoms with Crippen LogP contribution in [0.4, 0.5) is 0 Å². The number of hydrogen-bond acceptors (Lipinski definition) is 2. The van der Waals surface area contributed by atoms with Gasteiger partial charge in [0.25, 0.3) is 0 Å². The minimum atomic E-state index is -0.454. The van der Waals surface area contributed by atoms with Crippen molar-refractivity contribution in [2.24, 2.45) is 0 Å². The zero-order chi connectivity index (χ0) is 15.4. The molecule has 1 N–H and O–H groups in total. The molecule has 2 nitrogen and oxygen atoms in total. The van der Waals surface area contributed by atoms with E-state index < -0.39 is 6.10 Å². The lowest BCUT2D eigenvalue weighted by molar-refractivity contribution is 0.159. The van der Waals surface area contributed by atoms with Crippen molar-refractivity contribution in [3.63, 3.8) is 0 Å². The molecule has 2 heteroatoms. The molecule has 0 radical (unpaired) electrons. The van der Waals surface area contributed by atoms with Crippen LogP contribution in [0.2, 0.25) is 0 Å². The van der Waals surface area contributed by atoms with E-state index in [1.54, 1.807) is 7.11 Å². The molecule has 0 aromatic heterocycles. The molecule has 2 rings (SSSR count). The fraction of sp³-hybridized carbons (Fsp3) is 0.368. The Morgan fingerprint density at radius 1 is 1.05 bits per heavy atom. The molecule has 2 atom stereocenters. The van der Waals surface area contributed by atoms with E-state index in [0.29, 0.717) is 5.92 Å². The van der Waals surface area contributed by atoms with E-state index in [1.165, 1.54) is 5.56 Å². The number of rotatable bonds is 5. The number of ether oxygens (including phenoxy) is 1. The summed E-state index contributed by atoms with van der Waals surface area (Å²) in [7, 11) is 1.68. The van der Waals surface area contributed by atoms with Crippen LogP contribution in [0, 0.1) is 13.8 Å². The van der Waals surface area contributed by atoms with E-state index in [1.807, 2.05) is 44.2 Å². The first-order chi connectivity index (χ1) is 10.0. The second kappa shape index (κ2) is 6.77. The van der Waals surface area contributed by atoms with Gasteiger partial charge in [-0.25, -0.2) is 0 Å². The van der Waals surface area contributed by atoms with Crippen molar-refractivity contribution in [3.05, 3.63) is 64.7 Å². The van der Waals surface area contributed by atoms with Gasteiger partial charge in [0.05, 0.1) is 13.2 Å². The third-order valence-corrected chi connectivity index (χ3v) is 4.09. The molecule has 2 unspecified atom stereocenters. The molecular weight excluding hydrogens is 260 g/mol. The normalized spacial score (nSPS) is 13.8. The molecule has 0 aliphatic carbocycles. The molecule has 21 heavy (non-hydrogen) atoms. The van der Waals surface area contributed by atoms with E-state index in [0.717, 1.165) is 28.9 Å². The molecule has 2 aromatic rings. The predicted molar refractivity (Wildman–Crippen MR) is 86.9 cm³/mol. The van der Waals surface area contributed by atoms with E-state index in [-0.39, 0.29) is 0 Å². The van der Waals surface area contributed by atoms with Crippen molar-refractivity contribution in [3.8, 4) is 5.75 Å². The summed E-state index contributed by atoms with van der Waals surface area (Å²) >= 11 is 0. The molecule has 0 amide bonds. The predicted octanol–water partition coefficient (Wildman–Crippen LogP) is 4.54. The Balaban J connectivity index is 2.17. The average Bonchev–Trinajstić information content (AvgIpc) is 2.49. The van der Waals surface area contributed by atoms with Crippen molar-refractivity contribution < 1.29 is 9.84 Å². The molecular formula is C19H24O2. The van der Waals surface area contributed by atoms with Crippen LogP contribution in [0.5, 0.6) is 5.75 Å². The van der Waals surface area contributed by atoms with Gasteiger partial charge < -0.3 is 9.84 Å². The molecule has 0 spiro atoms. The van der Waals surface area contributed by atoms with Gasteiger partial charge in [-0.15, -0.1) is 0 Å². The summed E-state index contributed by atoms with van der Waals surface area (Å²) in [6.07, 6.45) is 0.265. The van der Waals surface area contributed by atoms with Crippen LogP contribution < -0.4 is 4.74 Å². The largest absolute Gasteiger partial charge is 0.496 e. The Bertz CT molecular complexity index is 590. The molecule has 0 saturated heterocycles. The van der Waals surface area contributed by atoms with Gasteiger partial charge in [0, 0.05) is 0 Å². The average molecular weight is 284 g/mol. The molecule has 0 aliphatic heterocycles. The zero-order valence-electron chi connectivity index (χ0n) is 13.3. The SMILES string of the molecule is COc1cc(C)c(C(O)CC(C)c2ccccc2)cc1C. The maximum absolute atomic E-state index is 10.6. The highest BCUT2D eigenvalue weighted by Crippen LogP contribution is 2.32. The minimum absolute atomic E-state index is 0.322. The van der Waals surface area contributed by atoms with Gasteiger partial charge in [-0.3, -0.25) is 0 Å². The van der Waals surface area contributed by atoms with Gasteiger partial charge in [-0.05, 0) is 60.6 Å². The topological polar surface area (TPSA) is 29.5 Å². The first-order valence-electron chi connectivity index (χ1n) is 7.41. The van der Waals surface area contributed by atoms with Crippen LogP contribution in [-0.2, 0) is 0 Å². The van der Waals surface area contributed by atoms with E-state index >= 15 is 0 Å². The lowest BCUT2D eigenvalue weighted by atomic mass is 9.90. The Morgan fingerprint density at radius 2 is 1.71 bits per heavy atom. The number of benzene rings is 2. The monoisotopic (exact) mass is 284 g/mol. The summed E-state index contributed by atoms with van der Waals surface area (Å²) in [4.78, 5) is 0. The smallest absolute Gasteiger partial charge is 0.122 e. The second-order valence-corrected chi connectivity index (χ2v) is 5.74. The molecule has 0 fully saturated rings. The van der Waals surface area contributed by atoms with E-state index in [9.17, 15) is 5.11 Å². The van der Waals surface area contributed by atoms with Crippen LogP contribution in [-0.4, -0.2) is 12.2 Å². The van der Waals surface area contributed by atoms with Crippen LogP contribution in [0.25, 0.3) is 0 Å². The number of hydrogen-bond donors (Lipinski definition) is 1. The first-order valence-corrected chi connectivity index (χ1v) is 7.41.